The summed E-state index contributed by atoms with van der Waals surface area (Å²) < 4.78 is 4.76. The number of carbonyl (C=O) groups is 1. The van der Waals surface area contributed by atoms with Crippen LogP contribution >= 0.6 is 0 Å². The number of allylic oxidation sites excluding steroid dienone is 2. The Kier molecular flexibility index (Phi) is 2.95. The number of rotatable bonds is 3. The van der Waals surface area contributed by atoms with Gasteiger partial charge in [-0.3, -0.25) is 10.1 Å². The summed E-state index contributed by atoms with van der Waals surface area (Å²) in [4.78, 5) is 20.8. The molecule has 2 rings (SSSR count). The van der Waals surface area contributed by atoms with Gasteiger partial charge in [0.2, 0.25) is 5.76 Å². The second-order valence-electron chi connectivity index (χ2n) is 3.90. The fraction of sp³-hybridized carbons (Fsp3) is 0.364. The second kappa shape index (κ2) is 4.40. The summed E-state index contributed by atoms with van der Waals surface area (Å²) in [7, 11) is 0. The van der Waals surface area contributed by atoms with Crippen LogP contribution in [0.15, 0.2) is 22.6 Å². The number of carboxylic acid groups (broad SMARTS) is 1. The predicted molar refractivity (Wildman–Crippen MR) is 58.1 cm³/mol. The number of hydrogen-bond acceptors (Lipinski definition) is 4. The Labute approximate surface area is 96.7 Å². The SMILES string of the molecule is O=C(O)c1oc([N+](=O)[O-])cc1C1C=CCCC1. The van der Waals surface area contributed by atoms with E-state index in [4.69, 9.17) is 9.52 Å². The molecule has 6 heteroatoms. The van der Waals surface area contributed by atoms with Gasteiger partial charge in [-0.15, -0.1) is 0 Å². The van der Waals surface area contributed by atoms with Gasteiger partial charge in [0.25, 0.3) is 0 Å². The van der Waals surface area contributed by atoms with Crippen LogP contribution in [0, 0.1) is 10.1 Å². The molecule has 0 fully saturated rings. The molecule has 1 aliphatic rings. The van der Waals surface area contributed by atoms with Gasteiger partial charge >= 0.3 is 11.9 Å². The van der Waals surface area contributed by atoms with Crippen molar-refractivity contribution in [1.82, 2.24) is 0 Å². The van der Waals surface area contributed by atoms with Crippen molar-refractivity contribution in [3.8, 4) is 0 Å². The number of aromatic carboxylic acids is 1. The largest absolute Gasteiger partial charge is 0.475 e. The smallest absolute Gasteiger partial charge is 0.434 e. The molecule has 0 spiro atoms. The molecule has 1 N–H and O–H groups in total. The van der Waals surface area contributed by atoms with E-state index in [0.717, 1.165) is 19.3 Å². The van der Waals surface area contributed by atoms with Crippen molar-refractivity contribution in [1.29, 1.82) is 0 Å². The summed E-state index contributed by atoms with van der Waals surface area (Å²) >= 11 is 0. The Morgan fingerprint density at radius 3 is 2.88 bits per heavy atom. The van der Waals surface area contributed by atoms with E-state index < -0.39 is 16.8 Å². The van der Waals surface area contributed by atoms with E-state index in [1.807, 2.05) is 12.2 Å². The van der Waals surface area contributed by atoms with Gasteiger partial charge in [0, 0.05) is 11.5 Å². The Morgan fingerprint density at radius 1 is 1.59 bits per heavy atom. The molecule has 0 aliphatic heterocycles. The van der Waals surface area contributed by atoms with Crippen molar-refractivity contribution in [3.05, 3.63) is 39.7 Å². The highest BCUT2D eigenvalue weighted by Crippen LogP contribution is 2.34. The number of furan rings is 1. The van der Waals surface area contributed by atoms with Crippen LogP contribution in [0.3, 0.4) is 0 Å². The van der Waals surface area contributed by atoms with Gasteiger partial charge in [-0.25, -0.2) is 4.79 Å². The van der Waals surface area contributed by atoms with E-state index in [1.165, 1.54) is 6.07 Å². The summed E-state index contributed by atoms with van der Waals surface area (Å²) in [5.41, 5.74) is 0.389. The zero-order chi connectivity index (χ0) is 12.4. The maximum atomic E-state index is 11.0. The average Bonchev–Trinajstić information content (AvgIpc) is 2.75. The molecule has 1 atom stereocenters. The first-order valence-electron chi connectivity index (χ1n) is 5.27. The Hall–Kier alpha value is -2.11. The van der Waals surface area contributed by atoms with E-state index in [2.05, 4.69) is 0 Å². The highest BCUT2D eigenvalue weighted by atomic mass is 16.6. The van der Waals surface area contributed by atoms with E-state index in [-0.39, 0.29) is 11.7 Å². The van der Waals surface area contributed by atoms with Gasteiger partial charge in [0.15, 0.2) is 0 Å². The van der Waals surface area contributed by atoms with Gasteiger partial charge in [-0.05, 0) is 19.3 Å². The molecule has 0 amide bonds. The summed E-state index contributed by atoms with van der Waals surface area (Å²) in [6, 6.07) is 1.21. The van der Waals surface area contributed by atoms with Crippen molar-refractivity contribution in [2.24, 2.45) is 0 Å². The Balaban J connectivity index is 2.43. The minimum Gasteiger partial charge on any atom is -0.475 e. The van der Waals surface area contributed by atoms with Gasteiger partial charge in [-0.1, -0.05) is 12.2 Å². The van der Waals surface area contributed by atoms with Gasteiger partial charge < -0.3 is 9.52 Å². The maximum Gasteiger partial charge on any atom is 0.434 e. The van der Waals surface area contributed by atoms with Crippen LogP contribution in [0.1, 0.15) is 41.3 Å². The molecule has 17 heavy (non-hydrogen) atoms. The van der Waals surface area contributed by atoms with Crippen LogP contribution in [-0.2, 0) is 0 Å². The lowest BCUT2D eigenvalue weighted by Crippen LogP contribution is -2.04. The second-order valence-corrected chi connectivity index (χ2v) is 3.90. The van der Waals surface area contributed by atoms with Crippen molar-refractivity contribution in [3.63, 3.8) is 0 Å². The molecule has 1 unspecified atom stereocenters. The average molecular weight is 237 g/mol. The summed E-state index contributed by atoms with van der Waals surface area (Å²) in [5.74, 6) is -2.22. The lowest BCUT2D eigenvalue weighted by Gasteiger charge is -2.14. The van der Waals surface area contributed by atoms with Gasteiger partial charge in [-0.2, -0.15) is 0 Å². The fourth-order valence-electron chi connectivity index (χ4n) is 2.00. The molecule has 0 saturated heterocycles. The number of nitrogens with zero attached hydrogens (tertiary/aromatic N) is 1. The molecular weight excluding hydrogens is 226 g/mol. The molecule has 90 valence electrons. The first-order chi connectivity index (χ1) is 8.09. The molecule has 1 aromatic heterocycles. The molecular formula is C11H11NO5. The van der Waals surface area contributed by atoms with Crippen LogP contribution in [0.5, 0.6) is 0 Å². The Bertz CT molecular complexity index is 488. The zero-order valence-corrected chi connectivity index (χ0v) is 8.96. The lowest BCUT2D eigenvalue weighted by molar-refractivity contribution is -0.402. The van der Waals surface area contributed by atoms with E-state index in [1.54, 1.807) is 0 Å². The van der Waals surface area contributed by atoms with Crippen molar-refractivity contribution >= 4 is 11.9 Å². The Morgan fingerprint density at radius 2 is 2.35 bits per heavy atom. The molecule has 0 bridgehead atoms. The topological polar surface area (TPSA) is 93.6 Å². The molecule has 1 aliphatic carbocycles. The van der Waals surface area contributed by atoms with E-state index in [9.17, 15) is 14.9 Å². The van der Waals surface area contributed by atoms with Crippen molar-refractivity contribution in [2.75, 3.05) is 0 Å². The predicted octanol–water partition coefficient (Wildman–Crippen LogP) is 2.71. The molecule has 0 radical (unpaired) electrons. The van der Waals surface area contributed by atoms with Crippen LogP contribution in [0.4, 0.5) is 5.88 Å². The monoisotopic (exact) mass is 237 g/mol. The van der Waals surface area contributed by atoms with Crippen molar-refractivity contribution < 1.29 is 19.2 Å². The fourth-order valence-corrected chi connectivity index (χ4v) is 2.00. The number of hydrogen-bond donors (Lipinski definition) is 1. The molecule has 6 nitrogen and oxygen atoms in total. The minimum atomic E-state index is -1.27. The third-order valence-corrected chi connectivity index (χ3v) is 2.78. The van der Waals surface area contributed by atoms with E-state index >= 15 is 0 Å². The quantitative estimate of drug-likeness (QED) is 0.495. The van der Waals surface area contributed by atoms with Gasteiger partial charge in [0.1, 0.15) is 4.92 Å². The summed E-state index contributed by atoms with van der Waals surface area (Å²) in [6.45, 7) is 0. The standard InChI is InChI=1S/C11H11NO5/c13-11(14)10-8(6-9(17-10)12(15)16)7-4-2-1-3-5-7/h2,4,6-7H,1,3,5H2,(H,13,14). The van der Waals surface area contributed by atoms with E-state index in [0.29, 0.717) is 5.56 Å². The van der Waals surface area contributed by atoms with Crippen LogP contribution in [0.2, 0.25) is 0 Å². The molecule has 0 aromatic carbocycles. The van der Waals surface area contributed by atoms with Crippen LogP contribution < -0.4 is 0 Å². The first kappa shape index (κ1) is 11.4. The highest BCUT2D eigenvalue weighted by Gasteiger charge is 2.27. The normalized spacial score (nSPS) is 19.2. The van der Waals surface area contributed by atoms with Crippen LogP contribution in [0.25, 0.3) is 0 Å². The summed E-state index contributed by atoms with van der Waals surface area (Å²) in [6.07, 6.45) is 6.52. The first-order valence-corrected chi connectivity index (χ1v) is 5.27. The third kappa shape index (κ3) is 2.20. The number of carboxylic acids is 1. The number of nitro groups is 1. The molecule has 1 heterocycles. The van der Waals surface area contributed by atoms with Gasteiger partial charge in [0.05, 0.1) is 6.07 Å². The summed E-state index contributed by atoms with van der Waals surface area (Å²) in [5, 5.41) is 19.5. The maximum absolute atomic E-state index is 11.0. The zero-order valence-electron chi connectivity index (χ0n) is 8.96. The van der Waals surface area contributed by atoms with Crippen molar-refractivity contribution in [2.45, 2.75) is 25.2 Å². The molecule has 0 saturated carbocycles. The molecule has 1 aromatic rings. The van der Waals surface area contributed by atoms with Crippen LogP contribution in [-0.4, -0.2) is 16.0 Å². The lowest BCUT2D eigenvalue weighted by atomic mass is 9.89. The minimum absolute atomic E-state index is 0.104. The highest BCUT2D eigenvalue weighted by molar-refractivity contribution is 5.87. The third-order valence-electron chi connectivity index (χ3n) is 2.78.